The van der Waals surface area contributed by atoms with Gasteiger partial charge in [-0.1, -0.05) is 0 Å². The standard InChI is InChI=1S/C12H12N2O2/c1-14-7-3-5-10(14)12(16)8-11(15)9-4-2-6-13-9/h2-7,13H,8H2,1H3. The van der Waals surface area contributed by atoms with Crippen LogP contribution in [0.2, 0.25) is 0 Å². The summed E-state index contributed by atoms with van der Waals surface area (Å²) in [5, 5.41) is 0. The summed E-state index contributed by atoms with van der Waals surface area (Å²) in [6, 6.07) is 6.90. The van der Waals surface area contributed by atoms with E-state index in [1.54, 1.807) is 48.3 Å². The van der Waals surface area contributed by atoms with Crippen LogP contribution in [-0.2, 0) is 7.05 Å². The van der Waals surface area contributed by atoms with E-state index in [1.165, 1.54) is 0 Å². The van der Waals surface area contributed by atoms with Crippen LogP contribution in [0.25, 0.3) is 0 Å². The lowest BCUT2D eigenvalue weighted by Gasteiger charge is -2.01. The van der Waals surface area contributed by atoms with Crippen molar-refractivity contribution < 1.29 is 9.59 Å². The van der Waals surface area contributed by atoms with Gasteiger partial charge in [0.2, 0.25) is 0 Å². The second-order valence-electron chi connectivity index (χ2n) is 3.61. The first-order valence-corrected chi connectivity index (χ1v) is 4.99. The van der Waals surface area contributed by atoms with Crippen molar-refractivity contribution in [3.05, 3.63) is 48.0 Å². The van der Waals surface area contributed by atoms with Gasteiger partial charge in [-0.3, -0.25) is 9.59 Å². The maximum atomic E-state index is 11.8. The molecule has 0 spiro atoms. The van der Waals surface area contributed by atoms with E-state index >= 15 is 0 Å². The summed E-state index contributed by atoms with van der Waals surface area (Å²) >= 11 is 0. The molecule has 4 heteroatoms. The van der Waals surface area contributed by atoms with Crippen molar-refractivity contribution in [1.82, 2.24) is 9.55 Å². The number of H-pyrrole nitrogens is 1. The average Bonchev–Trinajstić information content (AvgIpc) is 2.86. The zero-order valence-corrected chi connectivity index (χ0v) is 8.93. The van der Waals surface area contributed by atoms with E-state index in [-0.39, 0.29) is 18.0 Å². The molecule has 0 fully saturated rings. The molecule has 2 rings (SSSR count). The van der Waals surface area contributed by atoms with Gasteiger partial charge in [-0.2, -0.15) is 0 Å². The maximum Gasteiger partial charge on any atom is 0.186 e. The second kappa shape index (κ2) is 4.18. The summed E-state index contributed by atoms with van der Waals surface area (Å²) in [6.45, 7) is 0. The van der Waals surface area contributed by atoms with Crippen molar-refractivity contribution in [3.8, 4) is 0 Å². The Morgan fingerprint density at radius 1 is 1.25 bits per heavy atom. The summed E-state index contributed by atoms with van der Waals surface area (Å²) in [6.07, 6.45) is 3.35. The first kappa shape index (κ1) is 10.4. The van der Waals surface area contributed by atoms with Gasteiger partial charge in [0.05, 0.1) is 17.8 Å². The molecule has 1 N–H and O–H groups in total. The molecule has 2 aromatic heterocycles. The maximum absolute atomic E-state index is 11.8. The molecule has 0 aliphatic carbocycles. The molecule has 0 saturated heterocycles. The first-order chi connectivity index (χ1) is 7.68. The Morgan fingerprint density at radius 3 is 2.62 bits per heavy atom. The third-order valence-corrected chi connectivity index (χ3v) is 2.45. The number of ketones is 2. The van der Waals surface area contributed by atoms with Crippen molar-refractivity contribution in [3.63, 3.8) is 0 Å². The molecular weight excluding hydrogens is 204 g/mol. The summed E-state index contributed by atoms with van der Waals surface area (Å²) < 4.78 is 1.71. The number of rotatable bonds is 4. The second-order valence-corrected chi connectivity index (χ2v) is 3.61. The molecule has 2 heterocycles. The Hall–Kier alpha value is -2.10. The molecule has 2 aromatic rings. The lowest BCUT2D eigenvalue weighted by Crippen LogP contribution is -2.11. The minimum Gasteiger partial charge on any atom is -0.359 e. The predicted molar refractivity (Wildman–Crippen MR) is 59.5 cm³/mol. The Bertz CT molecular complexity index is 509. The highest BCUT2D eigenvalue weighted by atomic mass is 16.1. The zero-order valence-electron chi connectivity index (χ0n) is 8.93. The van der Waals surface area contributed by atoms with Crippen LogP contribution >= 0.6 is 0 Å². The van der Waals surface area contributed by atoms with Gasteiger partial charge in [-0.25, -0.2) is 0 Å². The highest BCUT2D eigenvalue weighted by Gasteiger charge is 2.15. The molecule has 0 radical (unpaired) electrons. The number of hydrogen-bond acceptors (Lipinski definition) is 2. The monoisotopic (exact) mass is 216 g/mol. The van der Waals surface area contributed by atoms with Gasteiger partial charge in [0.15, 0.2) is 11.6 Å². The SMILES string of the molecule is Cn1cccc1C(=O)CC(=O)c1ccc[nH]1. The quantitative estimate of drug-likeness (QED) is 0.626. The summed E-state index contributed by atoms with van der Waals surface area (Å²) in [4.78, 5) is 26.2. The van der Waals surface area contributed by atoms with Crippen molar-refractivity contribution >= 4 is 11.6 Å². The van der Waals surface area contributed by atoms with Crippen molar-refractivity contribution in [2.24, 2.45) is 7.05 Å². The highest BCUT2D eigenvalue weighted by Crippen LogP contribution is 2.07. The number of nitrogens with one attached hydrogen (secondary N) is 1. The fraction of sp³-hybridized carbons (Fsp3) is 0.167. The molecule has 0 unspecified atom stereocenters. The van der Waals surface area contributed by atoms with Crippen molar-refractivity contribution in [2.75, 3.05) is 0 Å². The van der Waals surface area contributed by atoms with E-state index in [2.05, 4.69) is 4.98 Å². The average molecular weight is 216 g/mol. The lowest BCUT2D eigenvalue weighted by atomic mass is 10.1. The summed E-state index contributed by atoms with van der Waals surface area (Å²) in [7, 11) is 1.78. The van der Waals surface area contributed by atoms with E-state index < -0.39 is 0 Å². The smallest absolute Gasteiger partial charge is 0.186 e. The van der Waals surface area contributed by atoms with Crippen LogP contribution in [-0.4, -0.2) is 21.1 Å². The number of nitrogens with zero attached hydrogens (tertiary/aromatic N) is 1. The van der Waals surface area contributed by atoms with Crippen molar-refractivity contribution in [1.29, 1.82) is 0 Å². The van der Waals surface area contributed by atoms with E-state index in [9.17, 15) is 9.59 Å². The Morgan fingerprint density at radius 2 is 2.06 bits per heavy atom. The largest absolute Gasteiger partial charge is 0.359 e. The Labute approximate surface area is 92.9 Å². The van der Waals surface area contributed by atoms with Gasteiger partial charge in [0, 0.05) is 19.4 Å². The van der Waals surface area contributed by atoms with Crippen LogP contribution < -0.4 is 0 Å². The van der Waals surface area contributed by atoms with Crippen LogP contribution in [0.5, 0.6) is 0 Å². The third kappa shape index (κ3) is 1.95. The van der Waals surface area contributed by atoms with E-state index in [0.717, 1.165) is 0 Å². The molecule has 0 amide bonds. The first-order valence-electron chi connectivity index (χ1n) is 4.99. The Balaban J connectivity index is 2.09. The molecule has 0 saturated carbocycles. The minimum atomic E-state index is -0.184. The molecule has 82 valence electrons. The topological polar surface area (TPSA) is 54.9 Å². The number of aromatic nitrogens is 2. The summed E-state index contributed by atoms with van der Waals surface area (Å²) in [5.74, 6) is -0.344. The number of aryl methyl sites for hydroxylation is 1. The molecule has 0 bridgehead atoms. The van der Waals surface area contributed by atoms with Gasteiger partial charge in [0.25, 0.3) is 0 Å². The minimum absolute atomic E-state index is 0.0988. The normalized spacial score (nSPS) is 10.3. The highest BCUT2D eigenvalue weighted by molar-refractivity contribution is 6.12. The van der Waals surface area contributed by atoms with Crippen LogP contribution in [0.3, 0.4) is 0 Å². The fourth-order valence-corrected chi connectivity index (χ4v) is 1.59. The number of carbonyl (C=O) groups excluding carboxylic acids is 2. The third-order valence-electron chi connectivity index (χ3n) is 2.45. The van der Waals surface area contributed by atoms with Crippen molar-refractivity contribution in [2.45, 2.75) is 6.42 Å². The molecule has 0 atom stereocenters. The van der Waals surface area contributed by atoms with Gasteiger partial charge in [0.1, 0.15) is 0 Å². The van der Waals surface area contributed by atoms with Gasteiger partial charge in [-0.05, 0) is 24.3 Å². The fourth-order valence-electron chi connectivity index (χ4n) is 1.59. The molecule has 0 aromatic carbocycles. The molecule has 0 aliphatic heterocycles. The van der Waals surface area contributed by atoms with Gasteiger partial charge < -0.3 is 9.55 Å². The van der Waals surface area contributed by atoms with E-state index in [4.69, 9.17) is 0 Å². The Kier molecular flexibility index (Phi) is 2.72. The zero-order chi connectivity index (χ0) is 11.5. The van der Waals surface area contributed by atoms with Crippen LogP contribution in [0.4, 0.5) is 0 Å². The van der Waals surface area contributed by atoms with Crippen LogP contribution in [0, 0.1) is 0 Å². The van der Waals surface area contributed by atoms with Gasteiger partial charge in [-0.15, -0.1) is 0 Å². The molecule has 0 aliphatic rings. The van der Waals surface area contributed by atoms with E-state index in [1.807, 2.05) is 0 Å². The van der Waals surface area contributed by atoms with Crippen LogP contribution in [0.15, 0.2) is 36.7 Å². The van der Waals surface area contributed by atoms with Gasteiger partial charge >= 0.3 is 0 Å². The lowest BCUT2D eigenvalue weighted by molar-refractivity contribution is 0.0887. The number of aromatic amines is 1. The van der Waals surface area contributed by atoms with E-state index in [0.29, 0.717) is 11.4 Å². The predicted octanol–water partition coefficient (Wildman–Crippen LogP) is 1.81. The number of carbonyl (C=O) groups is 2. The summed E-state index contributed by atoms with van der Waals surface area (Å²) in [5.41, 5.74) is 1.03. The molecule has 16 heavy (non-hydrogen) atoms. The van der Waals surface area contributed by atoms with Crippen LogP contribution in [0.1, 0.15) is 27.4 Å². The number of Topliss-reactive ketones (excluding diaryl/α,β-unsaturated/α-hetero) is 2. The molecular formula is C12H12N2O2. The number of hydrogen-bond donors (Lipinski definition) is 1. The molecule has 4 nitrogen and oxygen atoms in total.